The molecule has 0 saturated heterocycles. The molecule has 178 valence electrons. The summed E-state index contributed by atoms with van der Waals surface area (Å²) in [5.41, 5.74) is 3.18. The smallest absolute Gasteiger partial charge is 0.255 e. The lowest BCUT2D eigenvalue weighted by Crippen LogP contribution is -2.36. The van der Waals surface area contributed by atoms with E-state index in [1.54, 1.807) is 22.3 Å². The lowest BCUT2D eigenvalue weighted by Gasteiger charge is -2.33. The molecule has 0 radical (unpaired) electrons. The Morgan fingerprint density at radius 1 is 1.26 bits per heavy atom. The molecular formula is C24H29N7O3. The molecule has 0 aromatic carbocycles. The summed E-state index contributed by atoms with van der Waals surface area (Å²) in [6, 6.07) is 6.04. The highest BCUT2D eigenvalue weighted by molar-refractivity contribution is 6.01. The summed E-state index contributed by atoms with van der Waals surface area (Å²) < 4.78 is 9.09. The third-order valence-electron chi connectivity index (χ3n) is 6.48. The van der Waals surface area contributed by atoms with Crippen LogP contribution in [0.15, 0.2) is 36.8 Å². The molecule has 1 aliphatic rings. The number of nitrogens with one attached hydrogen (secondary N) is 2. The third-order valence-corrected chi connectivity index (χ3v) is 6.48. The van der Waals surface area contributed by atoms with Gasteiger partial charge in [-0.1, -0.05) is 0 Å². The Kier molecular flexibility index (Phi) is 5.60. The Morgan fingerprint density at radius 2 is 2.03 bits per heavy atom. The van der Waals surface area contributed by atoms with Gasteiger partial charge in [0.05, 0.1) is 30.0 Å². The van der Waals surface area contributed by atoms with Crippen LogP contribution in [0.1, 0.15) is 49.9 Å². The maximum atomic E-state index is 12.4. The molecule has 4 aromatic rings. The number of carbonyl (C=O) groups is 1. The first kappa shape index (κ1) is 22.1. The zero-order valence-corrected chi connectivity index (χ0v) is 19.6. The number of hydrogen-bond acceptors (Lipinski definition) is 7. The zero-order chi connectivity index (χ0) is 23.9. The molecule has 5 rings (SSSR count). The molecule has 1 aliphatic carbocycles. The maximum Gasteiger partial charge on any atom is 0.255 e. The minimum atomic E-state index is -0.594. The number of fused-ring (bicyclic) bond motifs is 2. The summed E-state index contributed by atoms with van der Waals surface area (Å²) in [7, 11) is 1.59. The number of nitrogens with zero attached hydrogens (tertiary/aromatic N) is 5. The van der Waals surface area contributed by atoms with Crippen LogP contribution < -0.4 is 15.4 Å². The first-order valence-corrected chi connectivity index (χ1v) is 11.6. The molecule has 4 heterocycles. The van der Waals surface area contributed by atoms with Crippen molar-refractivity contribution in [2.75, 3.05) is 19.0 Å². The molecule has 0 aliphatic heterocycles. The van der Waals surface area contributed by atoms with Crippen LogP contribution in [0.2, 0.25) is 0 Å². The summed E-state index contributed by atoms with van der Waals surface area (Å²) in [4.78, 5) is 17.1. The number of carbonyl (C=O) groups excluding carboxylic acids is 1. The molecule has 0 bridgehead atoms. The molecule has 34 heavy (non-hydrogen) atoms. The molecular weight excluding hydrogens is 434 g/mol. The van der Waals surface area contributed by atoms with Gasteiger partial charge in [-0.25, -0.2) is 9.03 Å². The fraction of sp³-hybridized carbons (Fsp3) is 0.417. The van der Waals surface area contributed by atoms with E-state index in [1.165, 1.54) is 0 Å². The molecule has 1 saturated carbocycles. The average Bonchev–Trinajstić information content (AvgIpc) is 3.44. The van der Waals surface area contributed by atoms with E-state index < -0.39 is 5.60 Å². The summed E-state index contributed by atoms with van der Waals surface area (Å²) in [5, 5.41) is 25.4. The van der Waals surface area contributed by atoms with Crippen LogP contribution >= 0.6 is 0 Å². The minimum absolute atomic E-state index is 0.155. The van der Waals surface area contributed by atoms with Crippen molar-refractivity contribution in [3.63, 3.8) is 0 Å². The highest BCUT2D eigenvalue weighted by Crippen LogP contribution is 2.33. The van der Waals surface area contributed by atoms with Gasteiger partial charge >= 0.3 is 0 Å². The molecule has 10 heteroatoms. The number of hydrogen-bond donors (Lipinski definition) is 3. The van der Waals surface area contributed by atoms with Crippen molar-refractivity contribution < 1.29 is 14.6 Å². The number of pyridine rings is 1. The van der Waals surface area contributed by atoms with Gasteiger partial charge in [0.15, 0.2) is 0 Å². The summed E-state index contributed by atoms with van der Waals surface area (Å²) in [6.07, 6.45) is 8.48. The Balaban J connectivity index is 1.49. The van der Waals surface area contributed by atoms with Gasteiger partial charge in [-0.2, -0.15) is 10.1 Å². The molecule has 1 fully saturated rings. The predicted molar refractivity (Wildman–Crippen MR) is 128 cm³/mol. The van der Waals surface area contributed by atoms with Gasteiger partial charge in [-0.3, -0.25) is 4.79 Å². The number of anilines is 1. The summed E-state index contributed by atoms with van der Waals surface area (Å²) in [6.45, 7) is 4.32. The van der Waals surface area contributed by atoms with Gasteiger partial charge in [0.1, 0.15) is 5.52 Å². The maximum absolute atomic E-state index is 12.4. The van der Waals surface area contributed by atoms with E-state index in [4.69, 9.17) is 4.74 Å². The van der Waals surface area contributed by atoms with Gasteiger partial charge < -0.3 is 20.5 Å². The highest BCUT2D eigenvalue weighted by Gasteiger charge is 2.29. The normalized spacial score (nSPS) is 20.5. The first-order valence-electron chi connectivity index (χ1n) is 11.6. The number of methoxy groups -OCH3 is 1. The SMILES string of the molecule is CCNC(=O)c1cnn2ccc(-c3ccn4nc(NC5CCC(C)(O)CC5)nc(OC)c34)cc12. The molecule has 3 N–H and O–H groups in total. The Labute approximate surface area is 196 Å². The van der Waals surface area contributed by atoms with Crippen LogP contribution in [0.4, 0.5) is 5.95 Å². The summed E-state index contributed by atoms with van der Waals surface area (Å²) in [5.74, 6) is 0.790. The van der Waals surface area contributed by atoms with Crippen molar-refractivity contribution in [2.45, 2.75) is 51.2 Å². The van der Waals surface area contributed by atoms with Gasteiger partial charge in [-0.05, 0) is 63.3 Å². The van der Waals surface area contributed by atoms with E-state index in [0.29, 0.717) is 29.5 Å². The van der Waals surface area contributed by atoms with E-state index in [9.17, 15) is 9.90 Å². The minimum Gasteiger partial charge on any atom is -0.479 e. The molecule has 0 unspecified atom stereocenters. The van der Waals surface area contributed by atoms with Crippen molar-refractivity contribution in [1.29, 1.82) is 0 Å². The number of ether oxygens (including phenoxy) is 1. The number of aliphatic hydroxyl groups is 1. The van der Waals surface area contributed by atoms with Gasteiger partial charge in [-0.15, -0.1) is 5.10 Å². The van der Waals surface area contributed by atoms with Gasteiger partial charge in [0.25, 0.3) is 5.91 Å². The topological polar surface area (TPSA) is 118 Å². The quantitative estimate of drug-likeness (QED) is 0.402. The van der Waals surface area contributed by atoms with Crippen LogP contribution in [0, 0.1) is 0 Å². The lowest BCUT2D eigenvalue weighted by molar-refractivity contribution is 0.0195. The average molecular weight is 464 g/mol. The predicted octanol–water partition coefficient (Wildman–Crippen LogP) is 2.91. The standard InChI is InChI=1S/C24H29N7O3/c1-4-25-21(32)18-14-26-30-11-7-15(13-19(18)30)17-8-12-31-20(17)22(34-3)28-23(29-31)27-16-5-9-24(2,33)10-6-16/h7-8,11-14,16,33H,4-6,9-10H2,1-3H3,(H,25,32)(H,27,29). The van der Waals surface area contributed by atoms with Crippen LogP contribution in [-0.4, -0.2) is 60.5 Å². The largest absolute Gasteiger partial charge is 0.479 e. The Morgan fingerprint density at radius 3 is 2.76 bits per heavy atom. The third kappa shape index (κ3) is 4.05. The fourth-order valence-corrected chi connectivity index (χ4v) is 4.57. The van der Waals surface area contributed by atoms with Crippen LogP contribution in [-0.2, 0) is 0 Å². The second kappa shape index (κ2) is 8.60. The monoisotopic (exact) mass is 463 g/mol. The molecule has 0 atom stereocenters. The second-order valence-electron chi connectivity index (χ2n) is 9.05. The Bertz CT molecular complexity index is 1350. The molecule has 1 amide bonds. The number of amides is 1. The van der Waals surface area contributed by atoms with Crippen molar-refractivity contribution in [2.24, 2.45) is 0 Å². The molecule has 0 spiro atoms. The van der Waals surface area contributed by atoms with E-state index in [-0.39, 0.29) is 11.9 Å². The van der Waals surface area contributed by atoms with Crippen molar-refractivity contribution in [1.82, 2.24) is 29.5 Å². The van der Waals surface area contributed by atoms with Crippen LogP contribution in [0.5, 0.6) is 5.88 Å². The van der Waals surface area contributed by atoms with E-state index in [1.807, 2.05) is 44.4 Å². The van der Waals surface area contributed by atoms with E-state index in [2.05, 4.69) is 25.8 Å². The molecule has 10 nitrogen and oxygen atoms in total. The van der Waals surface area contributed by atoms with Crippen molar-refractivity contribution in [3.8, 4) is 17.0 Å². The first-order chi connectivity index (χ1) is 16.4. The Hall–Kier alpha value is -3.66. The number of aromatic nitrogens is 5. The lowest BCUT2D eigenvalue weighted by atomic mass is 9.84. The van der Waals surface area contributed by atoms with E-state index in [0.717, 1.165) is 42.3 Å². The summed E-state index contributed by atoms with van der Waals surface area (Å²) >= 11 is 0. The number of rotatable bonds is 6. The second-order valence-corrected chi connectivity index (χ2v) is 9.05. The zero-order valence-electron chi connectivity index (χ0n) is 19.6. The van der Waals surface area contributed by atoms with Gasteiger partial charge in [0, 0.05) is 30.5 Å². The molecule has 4 aromatic heterocycles. The van der Waals surface area contributed by atoms with Crippen LogP contribution in [0.25, 0.3) is 22.2 Å². The van der Waals surface area contributed by atoms with Crippen LogP contribution in [0.3, 0.4) is 0 Å². The van der Waals surface area contributed by atoms with Gasteiger partial charge in [0.2, 0.25) is 11.8 Å². The van der Waals surface area contributed by atoms with Crippen molar-refractivity contribution in [3.05, 3.63) is 42.4 Å². The van der Waals surface area contributed by atoms with E-state index >= 15 is 0 Å². The fourth-order valence-electron chi connectivity index (χ4n) is 4.57. The van der Waals surface area contributed by atoms with Crippen molar-refractivity contribution >= 4 is 22.9 Å². The highest BCUT2D eigenvalue weighted by atomic mass is 16.5.